The Hall–Kier alpha value is -0.460. The summed E-state index contributed by atoms with van der Waals surface area (Å²) in [7, 11) is 0. The van der Waals surface area contributed by atoms with Crippen molar-refractivity contribution >= 4 is 55.0 Å². The van der Waals surface area contributed by atoms with Crippen molar-refractivity contribution in [2.24, 2.45) is 11.1 Å². The summed E-state index contributed by atoms with van der Waals surface area (Å²) in [5.41, 5.74) is 6.36. The predicted molar refractivity (Wildman–Crippen MR) is 91.9 cm³/mol. The van der Waals surface area contributed by atoms with Gasteiger partial charge in [-0.1, -0.05) is 35.1 Å². The Balaban J connectivity index is 2.11. The number of halogens is 2. The van der Waals surface area contributed by atoms with Crippen LogP contribution in [0.15, 0.2) is 27.1 Å². The van der Waals surface area contributed by atoms with Crippen molar-refractivity contribution in [3.05, 3.63) is 32.7 Å². The molecule has 0 atom stereocenters. The minimum absolute atomic E-state index is 0.0503. The average Bonchev–Trinajstić information content (AvgIpc) is 2.38. The Kier molecular flexibility index (Phi) is 4.87. The summed E-state index contributed by atoms with van der Waals surface area (Å²) in [6, 6.07) is 5.59. The lowest BCUT2D eigenvalue weighted by atomic mass is 9.80. The quantitative estimate of drug-likeness (QED) is 0.742. The Morgan fingerprint density at radius 1 is 1.35 bits per heavy atom. The van der Waals surface area contributed by atoms with E-state index in [9.17, 15) is 4.79 Å². The third kappa shape index (κ3) is 3.23. The fourth-order valence-corrected chi connectivity index (χ4v) is 3.70. The molecule has 1 aliphatic heterocycles. The summed E-state index contributed by atoms with van der Waals surface area (Å²) >= 11 is 12.0. The second-order valence-corrected chi connectivity index (χ2v) is 7.55. The van der Waals surface area contributed by atoms with Crippen LogP contribution < -0.4 is 5.73 Å². The highest BCUT2D eigenvalue weighted by Crippen LogP contribution is 2.32. The smallest absolute Gasteiger partial charge is 0.254 e. The Morgan fingerprint density at radius 3 is 2.45 bits per heavy atom. The van der Waals surface area contributed by atoms with Crippen LogP contribution in [0.25, 0.3) is 0 Å². The van der Waals surface area contributed by atoms with Crippen LogP contribution in [0.3, 0.4) is 0 Å². The molecule has 1 heterocycles. The van der Waals surface area contributed by atoms with Gasteiger partial charge in [0, 0.05) is 27.4 Å². The van der Waals surface area contributed by atoms with Crippen molar-refractivity contribution in [1.82, 2.24) is 4.90 Å². The van der Waals surface area contributed by atoms with Crippen LogP contribution >= 0.6 is 44.1 Å². The van der Waals surface area contributed by atoms with Crippen LogP contribution in [0.2, 0.25) is 0 Å². The van der Waals surface area contributed by atoms with E-state index in [2.05, 4.69) is 38.8 Å². The van der Waals surface area contributed by atoms with Crippen LogP contribution in [-0.4, -0.2) is 28.9 Å². The number of thiocarbonyl (C=S) groups is 1. The summed E-state index contributed by atoms with van der Waals surface area (Å²) in [6.07, 6.45) is 1.64. The lowest BCUT2D eigenvalue weighted by Gasteiger charge is -2.38. The second-order valence-electron chi connectivity index (χ2n) is 5.34. The molecule has 3 nitrogen and oxygen atoms in total. The molecule has 1 aromatic rings. The first-order valence-corrected chi connectivity index (χ1v) is 8.37. The second kappa shape index (κ2) is 6.12. The van der Waals surface area contributed by atoms with E-state index in [1.807, 2.05) is 23.1 Å². The van der Waals surface area contributed by atoms with Crippen molar-refractivity contribution in [3.63, 3.8) is 0 Å². The Labute approximate surface area is 141 Å². The first-order valence-electron chi connectivity index (χ1n) is 6.38. The molecule has 0 spiro atoms. The maximum Gasteiger partial charge on any atom is 0.254 e. The molecule has 0 saturated carbocycles. The molecule has 0 bridgehead atoms. The van der Waals surface area contributed by atoms with Crippen LogP contribution in [-0.2, 0) is 0 Å². The summed E-state index contributed by atoms with van der Waals surface area (Å²) < 4.78 is 1.75. The molecule has 1 amide bonds. The third-order valence-corrected chi connectivity index (χ3v) is 5.55. The zero-order chi connectivity index (χ0) is 14.9. The van der Waals surface area contributed by atoms with Gasteiger partial charge in [-0.15, -0.1) is 0 Å². The minimum Gasteiger partial charge on any atom is -0.393 e. The van der Waals surface area contributed by atoms with Crippen LogP contribution in [0.5, 0.6) is 0 Å². The number of benzene rings is 1. The van der Waals surface area contributed by atoms with Crippen molar-refractivity contribution in [2.45, 2.75) is 19.8 Å². The molecule has 20 heavy (non-hydrogen) atoms. The molecule has 1 fully saturated rings. The number of hydrogen-bond acceptors (Lipinski definition) is 2. The predicted octanol–water partition coefficient (Wildman–Crippen LogP) is 3.74. The minimum atomic E-state index is -0.122. The van der Waals surface area contributed by atoms with Gasteiger partial charge in [0.05, 0.1) is 10.6 Å². The van der Waals surface area contributed by atoms with Gasteiger partial charge in [0.25, 0.3) is 5.91 Å². The van der Waals surface area contributed by atoms with Gasteiger partial charge in [0.15, 0.2) is 0 Å². The first kappa shape index (κ1) is 15.9. The lowest BCUT2D eigenvalue weighted by Crippen LogP contribution is -2.46. The van der Waals surface area contributed by atoms with Gasteiger partial charge in [0.2, 0.25) is 0 Å². The van der Waals surface area contributed by atoms with E-state index < -0.39 is 0 Å². The van der Waals surface area contributed by atoms with E-state index in [1.54, 1.807) is 0 Å². The summed E-state index contributed by atoms with van der Waals surface area (Å²) in [6.45, 7) is 3.46. The van der Waals surface area contributed by atoms with E-state index in [4.69, 9.17) is 18.0 Å². The highest BCUT2D eigenvalue weighted by atomic mass is 79.9. The zero-order valence-corrected chi connectivity index (χ0v) is 15.1. The lowest BCUT2D eigenvalue weighted by molar-refractivity contribution is 0.0669. The Bertz CT molecular complexity index is 554. The monoisotopic (exact) mass is 418 g/mol. The number of piperidine rings is 1. The average molecular weight is 420 g/mol. The van der Waals surface area contributed by atoms with E-state index >= 15 is 0 Å². The topological polar surface area (TPSA) is 46.3 Å². The van der Waals surface area contributed by atoms with E-state index in [-0.39, 0.29) is 11.3 Å². The standard InChI is InChI=1S/C14H16Br2N2OS/c1-14(13(17)20)4-6-18(7-5-14)12(19)10-3-2-9(15)8-11(10)16/h2-3,8H,4-7H2,1H3,(H2,17,20). The van der Waals surface area contributed by atoms with E-state index in [0.29, 0.717) is 23.6 Å². The molecule has 108 valence electrons. The van der Waals surface area contributed by atoms with Crippen molar-refractivity contribution < 1.29 is 4.79 Å². The largest absolute Gasteiger partial charge is 0.393 e. The van der Waals surface area contributed by atoms with Gasteiger partial charge in [-0.2, -0.15) is 0 Å². The molecular weight excluding hydrogens is 404 g/mol. The summed E-state index contributed by atoms with van der Waals surface area (Å²) in [5.74, 6) is 0.0503. The highest BCUT2D eigenvalue weighted by Gasteiger charge is 2.34. The fourth-order valence-electron chi connectivity index (χ4n) is 2.28. The molecule has 2 rings (SSSR count). The molecular formula is C14H16Br2N2OS. The van der Waals surface area contributed by atoms with E-state index in [0.717, 1.165) is 21.8 Å². The number of nitrogens with zero attached hydrogens (tertiary/aromatic N) is 1. The van der Waals surface area contributed by atoms with Gasteiger partial charge in [0.1, 0.15) is 0 Å². The number of amides is 1. The maximum atomic E-state index is 12.5. The van der Waals surface area contributed by atoms with Gasteiger partial charge in [-0.05, 0) is 47.0 Å². The number of rotatable bonds is 2. The maximum absolute atomic E-state index is 12.5. The number of carbonyl (C=O) groups is 1. The zero-order valence-electron chi connectivity index (χ0n) is 11.2. The molecule has 6 heteroatoms. The van der Waals surface area contributed by atoms with Gasteiger partial charge in [-0.25, -0.2) is 0 Å². The highest BCUT2D eigenvalue weighted by molar-refractivity contribution is 9.11. The fraction of sp³-hybridized carbons (Fsp3) is 0.429. The van der Waals surface area contributed by atoms with E-state index in [1.165, 1.54) is 0 Å². The molecule has 1 saturated heterocycles. The molecule has 0 radical (unpaired) electrons. The molecule has 0 unspecified atom stereocenters. The summed E-state index contributed by atoms with van der Waals surface area (Å²) in [4.78, 5) is 14.9. The van der Waals surface area contributed by atoms with Crippen molar-refractivity contribution in [1.29, 1.82) is 0 Å². The molecule has 2 N–H and O–H groups in total. The van der Waals surface area contributed by atoms with Crippen LogP contribution in [0, 0.1) is 5.41 Å². The summed E-state index contributed by atoms with van der Waals surface area (Å²) in [5, 5.41) is 0. The van der Waals surface area contributed by atoms with Gasteiger partial charge < -0.3 is 10.6 Å². The van der Waals surface area contributed by atoms with Crippen molar-refractivity contribution in [3.8, 4) is 0 Å². The van der Waals surface area contributed by atoms with Gasteiger partial charge in [-0.3, -0.25) is 4.79 Å². The number of nitrogens with two attached hydrogens (primary N) is 1. The molecule has 1 aliphatic rings. The number of hydrogen-bond donors (Lipinski definition) is 1. The number of likely N-dealkylation sites (tertiary alicyclic amines) is 1. The SMILES string of the molecule is CC1(C(N)=S)CCN(C(=O)c2ccc(Br)cc2Br)CC1. The molecule has 0 aliphatic carbocycles. The third-order valence-electron chi connectivity index (χ3n) is 3.91. The van der Waals surface area contributed by atoms with Gasteiger partial charge >= 0.3 is 0 Å². The number of carbonyl (C=O) groups excluding carboxylic acids is 1. The molecule has 0 aromatic heterocycles. The Morgan fingerprint density at radius 2 is 1.95 bits per heavy atom. The molecule has 1 aromatic carbocycles. The first-order chi connectivity index (χ1) is 9.33. The van der Waals surface area contributed by atoms with Crippen LogP contribution in [0.1, 0.15) is 30.1 Å². The van der Waals surface area contributed by atoms with Crippen LogP contribution in [0.4, 0.5) is 0 Å². The normalized spacial score (nSPS) is 17.9. The van der Waals surface area contributed by atoms with Crippen molar-refractivity contribution in [2.75, 3.05) is 13.1 Å².